The molecule has 0 radical (unpaired) electrons. The highest BCUT2D eigenvalue weighted by atomic mass is 35.5. The summed E-state index contributed by atoms with van der Waals surface area (Å²) in [5.74, 6) is 1.75. The van der Waals surface area contributed by atoms with Crippen LogP contribution in [0.2, 0.25) is 5.02 Å². The first-order valence-corrected chi connectivity index (χ1v) is 7.26. The molecule has 1 fully saturated rings. The Kier molecular flexibility index (Phi) is 4.90. The SMILES string of the molecule is CCC1CCC(Oc2cccc(Cl)c2CN)CC1. The van der Waals surface area contributed by atoms with Crippen molar-refractivity contribution in [2.45, 2.75) is 51.7 Å². The Bertz CT molecular complexity index is 386. The van der Waals surface area contributed by atoms with E-state index in [1.165, 1.54) is 19.3 Å². The minimum atomic E-state index is 0.330. The lowest BCUT2D eigenvalue weighted by Crippen LogP contribution is -2.24. The smallest absolute Gasteiger partial charge is 0.125 e. The monoisotopic (exact) mass is 267 g/mol. The molecule has 1 aromatic carbocycles. The Labute approximate surface area is 114 Å². The van der Waals surface area contributed by atoms with Crippen molar-refractivity contribution in [3.8, 4) is 5.75 Å². The van der Waals surface area contributed by atoms with Crippen molar-refractivity contribution in [1.82, 2.24) is 0 Å². The molecule has 2 rings (SSSR count). The zero-order valence-electron chi connectivity index (χ0n) is 11.0. The predicted octanol–water partition coefficient (Wildman–Crippen LogP) is 4.15. The molecule has 1 aliphatic rings. The molecule has 1 aromatic rings. The molecule has 1 aliphatic carbocycles. The summed E-state index contributed by atoms with van der Waals surface area (Å²) in [7, 11) is 0. The van der Waals surface area contributed by atoms with Crippen LogP contribution in [-0.4, -0.2) is 6.10 Å². The molecule has 1 saturated carbocycles. The van der Waals surface area contributed by atoms with E-state index in [0.717, 1.165) is 30.1 Å². The van der Waals surface area contributed by atoms with E-state index in [4.69, 9.17) is 22.1 Å². The zero-order chi connectivity index (χ0) is 13.0. The van der Waals surface area contributed by atoms with E-state index in [2.05, 4.69) is 6.92 Å². The molecule has 18 heavy (non-hydrogen) atoms. The fourth-order valence-corrected chi connectivity index (χ4v) is 2.93. The molecule has 3 heteroatoms. The number of ether oxygens (including phenoxy) is 1. The highest BCUT2D eigenvalue weighted by molar-refractivity contribution is 6.31. The van der Waals surface area contributed by atoms with Gasteiger partial charge >= 0.3 is 0 Å². The molecule has 2 nitrogen and oxygen atoms in total. The predicted molar refractivity (Wildman–Crippen MR) is 76.0 cm³/mol. The average Bonchev–Trinajstić information content (AvgIpc) is 2.40. The van der Waals surface area contributed by atoms with Gasteiger partial charge in [-0.25, -0.2) is 0 Å². The Morgan fingerprint density at radius 1 is 1.28 bits per heavy atom. The molecule has 2 N–H and O–H groups in total. The van der Waals surface area contributed by atoms with Crippen LogP contribution in [0.3, 0.4) is 0 Å². The lowest BCUT2D eigenvalue weighted by Gasteiger charge is -2.29. The maximum atomic E-state index is 6.13. The van der Waals surface area contributed by atoms with E-state index in [0.29, 0.717) is 17.7 Å². The van der Waals surface area contributed by atoms with E-state index in [-0.39, 0.29) is 0 Å². The Morgan fingerprint density at radius 2 is 2.00 bits per heavy atom. The van der Waals surface area contributed by atoms with Gasteiger partial charge in [-0.15, -0.1) is 0 Å². The van der Waals surface area contributed by atoms with Gasteiger partial charge in [0, 0.05) is 17.1 Å². The molecule has 0 heterocycles. The van der Waals surface area contributed by atoms with Crippen LogP contribution in [0.1, 0.15) is 44.6 Å². The molecule has 0 spiro atoms. The van der Waals surface area contributed by atoms with Crippen molar-refractivity contribution >= 4 is 11.6 Å². The van der Waals surface area contributed by atoms with Gasteiger partial charge in [-0.1, -0.05) is 31.0 Å². The molecule has 0 amide bonds. The summed E-state index contributed by atoms with van der Waals surface area (Å²) in [5, 5.41) is 0.706. The average molecular weight is 268 g/mol. The number of nitrogens with two attached hydrogens (primary N) is 1. The van der Waals surface area contributed by atoms with Crippen molar-refractivity contribution in [3.63, 3.8) is 0 Å². The molecule has 0 aromatic heterocycles. The lowest BCUT2D eigenvalue weighted by molar-refractivity contribution is 0.129. The first kappa shape index (κ1) is 13.7. The van der Waals surface area contributed by atoms with Crippen molar-refractivity contribution in [2.75, 3.05) is 0 Å². The van der Waals surface area contributed by atoms with Crippen molar-refractivity contribution in [1.29, 1.82) is 0 Å². The second-order valence-corrected chi connectivity index (χ2v) is 5.50. The minimum Gasteiger partial charge on any atom is -0.490 e. The highest BCUT2D eigenvalue weighted by Crippen LogP contribution is 2.32. The molecule has 0 unspecified atom stereocenters. The molecule has 0 bridgehead atoms. The number of rotatable bonds is 4. The van der Waals surface area contributed by atoms with Crippen LogP contribution in [0.15, 0.2) is 18.2 Å². The summed E-state index contributed by atoms with van der Waals surface area (Å²) in [5.41, 5.74) is 6.66. The van der Waals surface area contributed by atoms with Gasteiger partial charge in [0.15, 0.2) is 0 Å². The highest BCUT2D eigenvalue weighted by Gasteiger charge is 2.22. The van der Waals surface area contributed by atoms with E-state index in [1.807, 2.05) is 18.2 Å². The third-order valence-electron chi connectivity index (χ3n) is 3.94. The molecule has 100 valence electrons. The largest absolute Gasteiger partial charge is 0.490 e. The van der Waals surface area contributed by atoms with Crippen LogP contribution in [0.25, 0.3) is 0 Å². The summed E-state index contributed by atoms with van der Waals surface area (Å²) in [6.07, 6.45) is 6.47. The van der Waals surface area contributed by atoms with Gasteiger partial charge in [-0.05, 0) is 43.7 Å². The molecule has 0 saturated heterocycles. The van der Waals surface area contributed by atoms with E-state index >= 15 is 0 Å². The molecule has 0 atom stereocenters. The van der Waals surface area contributed by atoms with Crippen LogP contribution >= 0.6 is 11.6 Å². The van der Waals surface area contributed by atoms with Gasteiger partial charge in [0.05, 0.1) is 6.10 Å². The fraction of sp³-hybridized carbons (Fsp3) is 0.600. The van der Waals surface area contributed by atoms with Gasteiger partial charge in [-0.3, -0.25) is 0 Å². The normalized spacial score (nSPS) is 23.9. The van der Waals surface area contributed by atoms with Crippen LogP contribution < -0.4 is 10.5 Å². The van der Waals surface area contributed by atoms with Crippen molar-refractivity contribution < 1.29 is 4.74 Å². The van der Waals surface area contributed by atoms with Gasteiger partial charge in [0.2, 0.25) is 0 Å². The second-order valence-electron chi connectivity index (χ2n) is 5.09. The Morgan fingerprint density at radius 3 is 2.61 bits per heavy atom. The molecular weight excluding hydrogens is 246 g/mol. The molecule has 0 aliphatic heterocycles. The maximum absolute atomic E-state index is 6.13. The quantitative estimate of drug-likeness (QED) is 0.890. The number of hydrogen-bond acceptors (Lipinski definition) is 2. The Balaban J connectivity index is 2.00. The van der Waals surface area contributed by atoms with Gasteiger partial charge in [0.1, 0.15) is 5.75 Å². The first-order chi connectivity index (χ1) is 8.74. The minimum absolute atomic E-state index is 0.330. The van der Waals surface area contributed by atoms with E-state index < -0.39 is 0 Å². The summed E-state index contributed by atoms with van der Waals surface area (Å²) in [6.45, 7) is 2.70. The number of benzene rings is 1. The van der Waals surface area contributed by atoms with Crippen LogP contribution in [0.4, 0.5) is 0 Å². The summed E-state index contributed by atoms with van der Waals surface area (Å²) >= 11 is 6.13. The van der Waals surface area contributed by atoms with Crippen LogP contribution in [0.5, 0.6) is 5.75 Å². The second kappa shape index (κ2) is 6.44. The van der Waals surface area contributed by atoms with Gasteiger partial charge in [-0.2, -0.15) is 0 Å². The van der Waals surface area contributed by atoms with Crippen molar-refractivity contribution in [3.05, 3.63) is 28.8 Å². The van der Waals surface area contributed by atoms with Crippen molar-refractivity contribution in [2.24, 2.45) is 11.7 Å². The summed E-state index contributed by atoms with van der Waals surface area (Å²) in [4.78, 5) is 0. The zero-order valence-corrected chi connectivity index (χ0v) is 11.7. The number of halogens is 1. The molecular formula is C15H22ClNO. The van der Waals surface area contributed by atoms with Crippen LogP contribution in [0, 0.1) is 5.92 Å². The number of hydrogen-bond donors (Lipinski definition) is 1. The van der Waals surface area contributed by atoms with Gasteiger partial charge < -0.3 is 10.5 Å². The van der Waals surface area contributed by atoms with E-state index in [9.17, 15) is 0 Å². The third-order valence-corrected chi connectivity index (χ3v) is 4.30. The topological polar surface area (TPSA) is 35.2 Å². The van der Waals surface area contributed by atoms with Gasteiger partial charge in [0.25, 0.3) is 0 Å². The van der Waals surface area contributed by atoms with E-state index in [1.54, 1.807) is 0 Å². The standard InChI is InChI=1S/C15H22ClNO/c1-2-11-6-8-12(9-7-11)18-15-5-3-4-14(16)13(15)10-17/h3-5,11-12H,2,6-10,17H2,1H3. The summed E-state index contributed by atoms with van der Waals surface area (Å²) in [6, 6.07) is 5.76. The third kappa shape index (κ3) is 3.18. The first-order valence-electron chi connectivity index (χ1n) is 6.88. The summed E-state index contributed by atoms with van der Waals surface area (Å²) < 4.78 is 6.09. The van der Waals surface area contributed by atoms with Crippen LogP contribution in [-0.2, 0) is 6.54 Å². The Hall–Kier alpha value is -0.730. The maximum Gasteiger partial charge on any atom is 0.125 e. The lowest BCUT2D eigenvalue weighted by atomic mass is 9.86. The fourth-order valence-electron chi connectivity index (χ4n) is 2.68.